The zero-order valence-corrected chi connectivity index (χ0v) is 11.4. The van der Waals surface area contributed by atoms with Gasteiger partial charge in [0.05, 0.1) is 20.1 Å². The molecule has 0 aliphatic carbocycles. The van der Waals surface area contributed by atoms with Crippen LogP contribution in [0.15, 0.2) is 0 Å². The number of sulfonamides is 1. The Morgan fingerprint density at radius 2 is 1.89 bits per heavy atom. The molecule has 0 aromatic carbocycles. The molecule has 1 aliphatic rings. The van der Waals surface area contributed by atoms with Crippen LogP contribution in [-0.4, -0.2) is 57.2 Å². The first-order valence-corrected chi connectivity index (χ1v) is 6.99. The summed E-state index contributed by atoms with van der Waals surface area (Å²) in [5.74, 6) is -1.70. The summed E-state index contributed by atoms with van der Waals surface area (Å²) in [6.07, 6.45) is 0.403. The van der Waals surface area contributed by atoms with Crippen molar-refractivity contribution in [1.82, 2.24) is 4.31 Å². The van der Waals surface area contributed by atoms with Crippen LogP contribution in [0.3, 0.4) is 0 Å². The monoisotopic (exact) mass is 279 g/mol. The number of hydrogen-bond donors (Lipinski definition) is 0. The highest BCUT2D eigenvalue weighted by atomic mass is 32.2. The summed E-state index contributed by atoms with van der Waals surface area (Å²) in [7, 11) is -1.38. The first-order chi connectivity index (χ1) is 8.34. The first kappa shape index (κ1) is 14.9. The lowest BCUT2D eigenvalue weighted by molar-refractivity contribution is -0.144. The Morgan fingerprint density at radius 1 is 1.28 bits per heavy atom. The number of ether oxygens (including phenoxy) is 2. The van der Waals surface area contributed by atoms with Crippen LogP contribution >= 0.6 is 0 Å². The maximum Gasteiger partial charge on any atom is 0.325 e. The van der Waals surface area contributed by atoms with E-state index in [-0.39, 0.29) is 13.1 Å². The normalized spacial score (nSPS) is 22.5. The van der Waals surface area contributed by atoms with Gasteiger partial charge in [-0.1, -0.05) is 0 Å². The Kier molecular flexibility index (Phi) is 4.69. The van der Waals surface area contributed by atoms with Crippen molar-refractivity contribution in [1.29, 1.82) is 0 Å². The fourth-order valence-electron chi connectivity index (χ4n) is 1.83. The molecule has 18 heavy (non-hydrogen) atoms. The zero-order chi connectivity index (χ0) is 13.9. The molecule has 0 bridgehead atoms. The van der Waals surface area contributed by atoms with Crippen LogP contribution < -0.4 is 0 Å². The fourth-order valence-corrected chi connectivity index (χ4v) is 3.36. The highest BCUT2D eigenvalue weighted by molar-refractivity contribution is 7.90. The van der Waals surface area contributed by atoms with E-state index in [4.69, 9.17) is 0 Å². The standard InChI is InChI=1S/C10H17NO6S/c1-7(9(12)16-2)18(14,15)11-5-4-8(6-11)10(13)17-3/h7-8H,4-6H2,1-3H3. The van der Waals surface area contributed by atoms with Crippen LogP contribution in [0.25, 0.3) is 0 Å². The highest BCUT2D eigenvalue weighted by Crippen LogP contribution is 2.23. The predicted octanol–water partition coefficient (Wildman–Crippen LogP) is -0.627. The molecule has 0 spiro atoms. The zero-order valence-electron chi connectivity index (χ0n) is 10.6. The summed E-state index contributed by atoms with van der Waals surface area (Å²) in [4.78, 5) is 22.6. The van der Waals surface area contributed by atoms with Gasteiger partial charge in [-0.3, -0.25) is 9.59 Å². The minimum atomic E-state index is -3.77. The van der Waals surface area contributed by atoms with Gasteiger partial charge in [-0.25, -0.2) is 12.7 Å². The number of carbonyl (C=O) groups excluding carboxylic acids is 2. The highest BCUT2D eigenvalue weighted by Gasteiger charge is 2.40. The number of esters is 2. The van der Waals surface area contributed by atoms with E-state index in [9.17, 15) is 18.0 Å². The summed E-state index contributed by atoms with van der Waals surface area (Å²) in [5, 5.41) is -1.26. The van der Waals surface area contributed by atoms with Gasteiger partial charge in [0, 0.05) is 13.1 Å². The second kappa shape index (κ2) is 5.66. The Hall–Kier alpha value is -1.15. The molecule has 1 fully saturated rings. The van der Waals surface area contributed by atoms with E-state index in [0.717, 1.165) is 11.4 Å². The molecule has 104 valence electrons. The maximum absolute atomic E-state index is 12.1. The van der Waals surface area contributed by atoms with E-state index >= 15 is 0 Å². The van der Waals surface area contributed by atoms with Crippen molar-refractivity contribution in [2.75, 3.05) is 27.3 Å². The number of hydrogen-bond acceptors (Lipinski definition) is 6. The molecule has 0 aromatic rings. The average Bonchev–Trinajstić information content (AvgIpc) is 2.86. The van der Waals surface area contributed by atoms with Gasteiger partial charge in [0.15, 0.2) is 5.25 Å². The minimum absolute atomic E-state index is 0.0519. The summed E-state index contributed by atoms with van der Waals surface area (Å²) < 4.78 is 34.2. The largest absolute Gasteiger partial charge is 0.469 e. The van der Waals surface area contributed by atoms with Gasteiger partial charge < -0.3 is 9.47 Å². The molecule has 1 aliphatic heterocycles. The summed E-state index contributed by atoms with van der Waals surface area (Å²) in [5.41, 5.74) is 0. The molecule has 0 radical (unpaired) electrons. The third kappa shape index (κ3) is 2.81. The Balaban J connectivity index is 2.77. The van der Waals surface area contributed by atoms with Gasteiger partial charge >= 0.3 is 11.9 Å². The summed E-state index contributed by atoms with van der Waals surface area (Å²) >= 11 is 0. The predicted molar refractivity (Wildman–Crippen MR) is 62.1 cm³/mol. The third-order valence-electron chi connectivity index (χ3n) is 3.03. The van der Waals surface area contributed by atoms with Crippen LogP contribution in [-0.2, 0) is 29.1 Å². The van der Waals surface area contributed by atoms with Crippen molar-refractivity contribution in [2.45, 2.75) is 18.6 Å². The van der Waals surface area contributed by atoms with Crippen LogP contribution in [0, 0.1) is 5.92 Å². The van der Waals surface area contributed by atoms with Gasteiger partial charge in [0.25, 0.3) is 0 Å². The average molecular weight is 279 g/mol. The van der Waals surface area contributed by atoms with Gasteiger partial charge in [-0.15, -0.1) is 0 Å². The third-order valence-corrected chi connectivity index (χ3v) is 5.16. The smallest absolute Gasteiger partial charge is 0.325 e. The van der Waals surface area contributed by atoms with Crippen LogP contribution in [0.5, 0.6) is 0 Å². The molecule has 1 saturated heterocycles. The molecule has 2 unspecified atom stereocenters. The lowest BCUT2D eigenvalue weighted by Crippen LogP contribution is -2.40. The van der Waals surface area contributed by atoms with E-state index in [1.807, 2.05) is 0 Å². The van der Waals surface area contributed by atoms with Gasteiger partial charge in [0.1, 0.15) is 0 Å². The van der Waals surface area contributed by atoms with Crippen molar-refractivity contribution in [3.63, 3.8) is 0 Å². The SMILES string of the molecule is COC(=O)C1CCN(S(=O)(=O)C(C)C(=O)OC)C1. The number of carbonyl (C=O) groups is 2. The van der Waals surface area contributed by atoms with Gasteiger partial charge in [-0.2, -0.15) is 0 Å². The number of rotatable bonds is 4. The summed E-state index contributed by atoms with van der Waals surface area (Å²) in [6.45, 7) is 1.53. The second-order valence-electron chi connectivity index (χ2n) is 4.08. The molecule has 0 amide bonds. The Morgan fingerprint density at radius 3 is 2.39 bits per heavy atom. The Bertz CT molecular complexity index is 432. The lowest BCUT2D eigenvalue weighted by Gasteiger charge is -2.19. The molecule has 8 heteroatoms. The van der Waals surface area contributed by atoms with E-state index in [0.29, 0.717) is 6.42 Å². The van der Waals surface area contributed by atoms with Crippen LogP contribution in [0.2, 0.25) is 0 Å². The van der Waals surface area contributed by atoms with Crippen molar-refractivity contribution in [3.8, 4) is 0 Å². The van der Waals surface area contributed by atoms with Crippen molar-refractivity contribution in [3.05, 3.63) is 0 Å². The molecule has 0 saturated carbocycles. The Labute approximate surface area is 106 Å². The van der Waals surface area contributed by atoms with Crippen molar-refractivity contribution >= 4 is 22.0 Å². The molecule has 1 heterocycles. The van der Waals surface area contributed by atoms with E-state index in [1.165, 1.54) is 14.0 Å². The number of nitrogens with zero attached hydrogens (tertiary/aromatic N) is 1. The molecule has 0 N–H and O–H groups in total. The summed E-state index contributed by atoms with van der Waals surface area (Å²) in [6, 6.07) is 0. The topological polar surface area (TPSA) is 90.0 Å². The number of methoxy groups -OCH3 is 2. The lowest BCUT2D eigenvalue weighted by atomic mass is 10.1. The molecular formula is C10H17NO6S. The van der Waals surface area contributed by atoms with E-state index in [2.05, 4.69) is 9.47 Å². The van der Waals surface area contributed by atoms with Crippen LogP contribution in [0.1, 0.15) is 13.3 Å². The van der Waals surface area contributed by atoms with Gasteiger partial charge in [-0.05, 0) is 13.3 Å². The molecular weight excluding hydrogens is 262 g/mol. The quantitative estimate of drug-likeness (QED) is 0.637. The van der Waals surface area contributed by atoms with E-state index in [1.54, 1.807) is 0 Å². The minimum Gasteiger partial charge on any atom is -0.469 e. The second-order valence-corrected chi connectivity index (χ2v) is 6.33. The van der Waals surface area contributed by atoms with E-state index < -0.39 is 33.1 Å². The van der Waals surface area contributed by atoms with Crippen molar-refractivity contribution < 1.29 is 27.5 Å². The molecule has 0 aromatic heterocycles. The molecule has 1 rings (SSSR count). The molecule has 2 atom stereocenters. The maximum atomic E-state index is 12.1. The van der Waals surface area contributed by atoms with Crippen molar-refractivity contribution in [2.24, 2.45) is 5.92 Å². The van der Waals surface area contributed by atoms with Gasteiger partial charge in [0.2, 0.25) is 10.0 Å². The first-order valence-electron chi connectivity index (χ1n) is 5.49. The molecule has 7 nitrogen and oxygen atoms in total. The fraction of sp³-hybridized carbons (Fsp3) is 0.800. The van der Waals surface area contributed by atoms with Crippen LogP contribution in [0.4, 0.5) is 0 Å².